The van der Waals surface area contributed by atoms with Crippen LogP contribution in [0.5, 0.6) is 11.6 Å². The second kappa shape index (κ2) is 8.76. The van der Waals surface area contributed by atoms with Gasteiger partial charge in [-0.3, -0.25) is 0 Å². The Balaban J connectivity index is 1.50. The van der Waals surface area contributed by atoms with Crippen LogP contribution in [0, 0.1) is 11.7 Å². The van der Waals surface area contributed by atoms with E-state index in [0.29, 0.717) is 23.5 Å². The molecule has 1 atom stereocenters. The van der Waals surface area contributed by atoms with Crippen LogP contribution in [0.4, 0.5) is 10.3 Å². The number of hydrogen-bond acceptors (Lipinski definition) is 5. The molecule has 5 nitrogen and oxygen atoms in total. The lowest BCUT2D eigenvalue weighted by molar-refractivity contribution is 0.204. The number of rotatable bonds is 7. The minimum absolute atomic E-state index is 0.292. The van der Waals surface area contributed by atoms with Crippen LogP contribution >= 0.6 is 0 Å². The molecule has 25 heavy (non-hydrogen) atoms. The fourth-order valence-corrected chi connectivity index (χ4v) is 3.02. The number of aromatic nitrogens is 2. The molecule has 2 aromatic rings. The predicted octanol–water partition coefficient (Wildman–Crippen LogP) is 3.94. The number of likely N-dealkylation sites (tertiary alicyclic amines) is 1. The quantitative estimate of drug-likeness (QED) is 0.824. The SMILES string of the molecule is CC(CNc1nccc(Oc2ccc(F)cc2)n1)CN1CCCCC1. The maximum Gasteiger partial charge on any atom is 0.225 e. The summed E-state index contributed by atoms with van der Waals surface area (Å²) in [5, 5.41) is 3.28. The van der Waals surface area contributed by atoms with Crippen molar-refractivity contribution in [2.24, 2.45) is 5.92 Å². The minimum atomic E-state index is -0.292. The van der Waals surface area contributed by atoms with Gasteiger partial charge in [0.25, 0.3) is 0 Å². The first-order chi connectivity index (χ1) is 12.2. The van der Waals surface area contributed by atoms with Gasteiger partial charge in [0.15, 0.2) is 0 Å². The van der Waals surface area contributed by atoms with Crippen molar-refractivity contribution in [3.8, 4) is 11.6 Å². The third-order valence-electron chi connectivity index (χ3n) is 4.29. The van der Waals surface area contributed by atoms with Gasteiger partial charge in [-0.25, -0.2) is 9.37 Å². The molecule has 0 spiro atoms. The van der Waals surface area contributed by atoms with Gasteiger partial charge in [0.2, 0.25) is 11.8 Å². The smallest absolute Gasteiger partial charge is 0.225 e. The molecule has 6 heteroatoms. The second-order valence-corrected chi connectivity index (χ2v) is 6.62. The Bertz CT molecular complexity index is 659. The monoisotopic (exact) mass is 344 g/mol. The molecule has 1 aliphatic rings. The zero-order valence-electron chi connectivity index (χ0n) is 14.6. The Kier molecular flexibility index (Phi) is 6.17. The number of nitrogens with one attached hydrogen (secondary N) is 1. The zero-order valence-corrected chi connectivity index (χ0v) is 14.6. The van der Waals surface area contributed by atoms with Gasteiger partial charge in [0.1, 0.15) is 11.6 Å². The molecule has 134 valence electrons. The molecule has 1 aromatic heterocycles. The van der Waals surface area contributed by atoms with Crippen molar-refractivity contribution in [2.45, 2.75) is 26.2 Å². The molecule has 0 amide bonds. The molecule has 0 radical (unpaired) electrons. The molecule has 1 unspecified atom stereocenters. The highest BCUT2D eigenvalue weighted by Gasteiger charge is 2.13. The first kappa shape index (κ1) is 17.6. The van der Waals surface area contributed by atoms with Crippen LogP contribution in [0.2, 0.25) is 0 Å². The van der Waals surface area contributed by atoms with Gasteiger partial charge in [0, 0.05) is 25.4 Å². The number of ether oxygens (including phenoxy) is 1. The van der Waals surface area contributed by atoms with E-state index in [0.717, 1.165) is 13.1 Å². The van der Waals surface area contributed by atoms with Gasteiger partial charge in [-0.1, -0.05) is 13.3 Å². The number of hydrogen-bond donors (Lipinski definition) is 1. The molecular weight excluding hydrogens is 319 g/mol. The third-order valence-corrected chi connectivity index (χ3v) is 4.29. The van der Waals surface area contributed by atoms with Crippen molar-refractivity contribution >= 4 is 5.95 Å². The van der Waals surface area contributed by atoms with Crippen LogP contribution in [0.25, 0.3) is 0 Å². The highest BCUT2D eigenvalue weighted by Crippen LogP contribution is 2.20. The largest absolute Gasteiger partial charge is 0.439 e. The summed E-state index contributed by atoms with van der Waals surface area (Å²) in [6, 6.07) is 7.55. The van der Waals surface area contributed by atoms with Crippen molar-refractivity contribution in [3.63, 3.8) is 0 Å². The van der Waals surface area contributed by atoms with E-state index < -0.39 is 0 Å². The average molecular weight is 344 g/mol. The fraction of sp³-hybridized carbons (Fsp3) is 0.474. The molecule has 1 N–H and O–H groups in total. The number of piperidine rings is 1. The van der Waals surface area contributed by atoms with Crippen LogP contribution in [0.15, 0.2) is 36.5 Å². The van der Waals surface area contributed by atoms with Crippen LogP contribution in [0.1, 0.15) is 26.2 Å². The molecule has 2 heterocycles. The van der Waals surface area contributed by atoms with Gasteiger partial charge < -0.3 is 15.0 Å². The van der Waals surface area contributed by atoms with E-state index in [1.54, 1.807) is 24.4 Å². The van der Waals surface area contributed by atoms with E-state index in [4.69, 9.17) is 4.74 Å². The van der Waals surface area contributed by atoms with Crippen molar-refractivity contribution in [1.82, 2.24) is 14.9 Å². The summed E-state index contributed by atoms with van der Waals surface area (Å²) in [5.41, 5.74) is 0. The second-order valence-electron chi connectivity index (χ2n) is 6.62. The van der Waals surface area contributed by atoms with E-state index in [1.807, 2.05) is 0 Å². The van der Waals surface area contributed by atoms with Gasteiger partial charge in [-0.15, -0.1) is 0 Å². The first-order valence-corrected chi connectivity index (χ1v) is 8.92. The minimum Gasteiger partial charge on any atom is -0.439 e. The van der Waals surface area contributed by atoms with Crippen molar-refractivity contribution in [1.29, 1.82) is 0 Å². The molecule has 0 saturated carbocycles. The Hall–Kier alpha value is -2.21. The molecule has 1 aliphatic heterocycles. The van der Waals surface area contributed by atoms with Crippen LogP contribution < -0.4 is 10.1 Å². The maximum atomic E-state index is 12.9. The normalized spacial score (nSPS) is 16.4. The molecule has 0 aliphatic carbocycles. The summed E-state index contributed by atoms with van der Waals surface area (Å²) >= 11 is 0. The Labute approximate surface area is 148 Å². The number of benzene rings is 1. The van der Waals surface area contributed by atoms with E-state index in [9.17, 15) is 4.39 Å². The summed E-state index contributed by atoms with van der Waals surface area (Å²) in [7, 11) is 0. The van der Waals surface area contributed by atoms with Gasteiger partial charge in [-0.2, -0.15) is 4.98 Å². The summed E-state index contributed by atoms with van der Waals surface area (Å²) in [6.45, 7) is 6.57. The number of anilines is 1. The van der Waals surface area contributed by atoms with Gasteiger partial charge >= 0.3 is 0 Å². The summed E-state index contributed by atoms with van der Waals surface area (Å²) in [6.07, 6.45) is 5.64. The Morgan fingerprint density at radius 1 is 1.16 bits per heavy atom. The molecule has 1 aromatic carbocycles. The first-order valence-electron chi connectivity index (χ1n) is 8.92. The lowest BCUT2D eigenvalue weighted by Gasteiger charge is -2.29. The molecule has 0 bridgehead atoms. The summed E-state index contributed by atoms with van der Waals surface area (Å²) in [5.74, 6) is 1.76. The molecule has 1 fully saturated rings. The zero-order chi connectivity index (χ0) is 17.5. The lowest BCUT2D eigenvalue weighted by atomic mass is 10.1. The molecule has 1 saturated heterocycles. The van der Waals surface area contributed by atoms with Crippen molar-refractivity contribution in [2.75, 3.05) is 31.5 Å². The van der Waals surface area contributed by atoms with E-state index >= 15 is 0 Å². The van der Waals surface area contributed by atoms with Crippen LogP contribution in [0.3, 0.4) is 0 Å². The summed E-state index contributed by atoms with van der Waals surface area (Å²) in [4.78, 5) is 11.1. The average Bonchev–Trinajstić information content (AvgIpc) is 2.63. The lowest BCUT2D eigenvalue weighted by Crippen LogP contribution is -2.35. The van der Waals surface area contributed by atoms with Crippen LogP contribution in [-0.2, 0) is 0 Å². The predicted molar refractivity (Wildman–Crippen MR) is 96.5 cm³/mol. The van der Waals surface area contributed by atoms with E-state index in [-0.39, 0.29) is 5.82 Å². The maximum absolute atomic E-state index is 12.9. The van der Waals surface area contributed by atoms with E-state index in [1.165, 1.54) is 44.5 Å². The van der Waals surface area contributed by atoms with E-state index in [2.05, 4.69) is 27.1 Å². The highest BCUT2D eigenvalue weighted by atomic mass is 19.1. The van der Waals surface area contributed by atoms with Gasteiger partial charge in [0.05, 0.1) is 0 Å². The number of nitrogens with zero attached hydrogens (tertiary/aromatic N) is 3. The number of halogens is 1. The third kappa shape index (κ3) is 5.67. The van der Waals surface area contributed by atoms with Crippen molar-refractivity contribution < 1.29 is 9.13 Å². The van der Waals surface area contributed by atoms with Gasteiger partial charge in [-0.05, 0) is 56.1 Å². The Morgan fingerprint density at radius 2 is 1.92 bits per heavy atom. The Morgan fingerprint density at radius 3 is 2.68 bits per heavy atom. The molecule has 3 rings (SSSR count). The summed E-state index contributed by atoms with van der Waals surface area (Å²) < 4.78 is 18.6. The highest BCUT2D eigenvalue weighted by molar-refractivity contribution is 5.31. The standard InChI is InChI=1S/C19H25FN4O/c1-15(14-24-11-3-2-4-12-24)13-22-19-21-10-9-18(23-19)25-17-7-5-16(20)6-8-17/h5-10,15H,2-4,11-14H2,1H3,(H,21,22,23). The van der Waals surface area contributed by atoms with Crippen molar-refractivity contribution in [3.05, 3.63) is 42.3 Å². The topological polar surface area (TPSA) is 50.3 Å². The molecular formula is C19H25FN4O. The fourth-order valence-electron chi connectivity index (χ4n) is 3.02. The van der Waals surface area contributed by atoms with Crippen LogP contribution in [-0.4, -0.2) is 41.0 Å².